The summed E-state index contributed by atoms with van der Waals surface area (Å²) in [5.74, 6) is 0.155. The van der Waals surface area contributed by atoms with Crippen molar-refractivity contribution in [2.45, 2.75) is 59.5 Å². The van der Waals surface area contributed by atoms with Crippen LogP contribution in [-0.4, -0.2) is 11.6 Å². The Balaban J connectivity index is 3.86. The highest BCUT2D eigenvalue weighted by Gasteiger charge is 2.17. The summed E-state index contributed by atoms with van der Waals surface area (Å²) < 4.78 is 5.24. The molecule has 0 saturated heterocycles. The van der Waals surface area contributed by atoms with Gasteiger partial charge in [-0.2, -0.15) is 0 Å². The average Bonchev–Trinajstić information content (AvgIpc) is 2.00. The minimum Gasteiger partial charge on any atom is -0.460 e. The molecule has 0 aliphatic rings. The summed E-state index contributed by atoms with van der Waals surface area (Å²) in [6, 6.07) is 0. The van der Waals surface area contributed by atoms with Crippen LogP contribution in [0.15, 0.2) is 12.2 Å². The summed E-state index contributed by atoms with van der Waals surface area (Å²) in [5.41, 5.74) is -0.371. The molecule has 1 atom stereocenters. The third-order valence-electron chi connectivity index (χ3n) is 1.83. The Bertz CT molecular complexity index is 211. The van der Waals surface area contributed by atoms with Crippen LogP contribution >= 0.6 is 0 Å². The van der Waals surface area contributed by atoms with Crippen LogP contribution < -0.4 is 0 Å². The third kappa shape index (κ3) is 9.51. The Labute approximate surface area is 93.7 Å². The minimum atomic E-state index is -0.371. The first kappa shape index (κ1) is 14.2. The molecule has 15 heavy (non-hydrogen) atoms. The fraction of sp³-hybridized carbons (Fsp3) is 0.769. The van der Waals surface area contributed by atoms with E-state index in [1.165, 1.54) is 0 Å². The van der Waals surface area contributed by atoms with Gasteiger partial charge in [0.2, 0.25) is 0 Å². The summed E-state index contributed by atoms with van der Waals surface area (Å²) in [7, 11) is 0. The van der Waals surface area contributed by atoms with E-state index in [4.69, 9.17) is 4.74 Å². The van der Waals surface area contributed by atoms with Gasteiger partial charge in [-0.3, -0.25) is 4.79 Å². The van der Waals surface area contributed by atoms with Crippen LogP contribution in [0.1, 0.15) is 53.9 Å². The average molecular weight is 212 g/mol. The van der Waals surface area contributed by atoms with Crippen molar-refractivity contribution in [2.24, 2.45) is 5.92 Å². The summed E-state index contributed by atoms with van der Waals surface area (Å²) in [5, 5.41) is 0. The molecule has 0 aromatic carbocycles. The van der Waals surface area contributed by atoms with Gasteiger partial charge in [0.1, 0.15) is 5.60 Å². The SMILES string of the molecule is CCC/C=C/[C@@H](C)CC(=O)OC(C)(C)C. The molecule has 0 bridgehead atoms. The van der Waals surface area contributed by atoms with Gasteiger partial charge in [-0.25, -0.2) is 0 Å². The molecule has 0 aliphatic carbocycles. The molecule has 0 amide bonds. The quantitative estimate of drug-likeness (QED) is 0.513. The molecule has 0 spiro atoms. The number of carbonyl (C=O) groups excluding carboxylic acids is 1. The lowest BCUT2D eigenvalue weighted by molar-refractivity contribution is -0.155. The Kier molecular flexibility index (Phi) is 6.30. The van der Waals surface area contributed by atoms with Crippen LogP contribution in [-0.2, 0) is 9.53 Å². The fourth-order valence-electron chi connectivity index (χ4n) is 1.21. The van der Waals surface area contributed by atoms with Crippen molar-refractivity contribution in [3.63, 3.8) is 0 Å². The molecule has 0 N–H and O–H groups in total. The fourth-order valence-corrected chi connectivity index (χ4v) is 1.21. The summed E-state index contributed by atoms with van der Waals surface area (Å²) in [6.07, 6.45) is 6.92. The van der Waals surface area contributed by atoms with Crippen molar-refractivity contribution in [3.8, 4) is 0 Å². The minimum absolute atomic E-state index is 0.115. The smallest absolute Gasteiger partial charge is 0.306 e. The lowest BCUT2D eigenvalue weighted by Gasteiger charge is -2.20. The highest BCUT2D eigenvalue weighted by atomic mass is 16.6. The molecule has 0 aromatic heterocycles. The zero-order chi connectivity index (χ0) is 11.9. The van der Waals surface area contributed by atoms with Gasteiger partial charge in [0, 0.05) is 0 Å². The predicted molar refractivity (Wildman–Crippen MR) is 63.7 cm³/mol. The molecule has 0 rings (SSSR count). The first-order valence-corrected chi connectivity index (χ1v) is 5.73. The number of hydrogen-bond donors (Lipinski definition) is 0. The molecule has 0 aliphatic heterocycles. The highest BCUT2D eigenvalue weighted by molar-refractivity contribution is 5.70. The highest BCUT2D eigenvalue weighted by Crippen LogP contribution is 2.12. The van der Waals surface area contributed by atoms with Crippen molar-refractivity contribution in [3.05, 3.63) is 12.2 Å². The van der Waals surface area contributed by atoms with Gasteiger partial charge in [-0.1, -0.05) is 32.4 Å². The number of allylic oxidation sites excluding steroid dienone is 2. The van der Waals surface area contributed by atoms with E-state index in [1.807, 2.05) is 27.7 Å². The summed E-state index contributed by atoms with van der Waals surface area (Å²) >= 11 is 0. The molecule has 0 heterocycles. The number of carbonyl (C=O) groups is 1. The monoisotopic (exact) mass is 212 g/mol. The van der Waals surface area contributed by atoms with E-state index in [2.05, 4.69) is 19.1 Å². The number of esters is 1. The number of unbranched alkanes of at least 4 members (excludes halogenated alkanes) is 1. The van der Waals surface area contributed by atoms with Crippen LogP contribution in [0.4, 0.5) is 0 Å². The molecule has 0 aromatic rings. The topological polar surface area (TPSA) is 26.3 Å². The molecule has 0 fully saturated rings. The first-order valence-electron chi connectivity index (χ1n) is 5.73. The summed E-state index contributed by atoms with van der Waals surface area (Å²) in [6.45, 7) is 9.85. The predicted octanol–water partition coefficient (Wildman–Crippen LogP) is 3.71. The number of ether oxygens (including phenoxy) is 1. The van der Waals surface area contributed by atoms with E-state index in [9.17, 15) is 4.79 Å². The van der Waals surface area contributed by atoms with Crippen LogP contribution in [0.3, 0.4) is 0 Å². The van der Waals surface area contributed by atoms with E-state index in [-0.39, 0.29) is 17.5 Å². The number of hydrogen-bond acceptors (Lipinski definition) is 2. The maximum absolute atomic E-state index is 11.4. The van der Waals surface area contributed by atoms with Crippen LogP contribution in [0.25, 0.3) is 0 Å². The van der Waals surface area contributed by atoms with E-state index in [0.29, 0.717) is 6.42 Å². The second-order valence-electron chi connectivity index (χ2n) is 4.98. The van der Waals surface area contributed by atoms with Crippen molar-refractivity contribution >= 4 is 5.97 Å². The Hall–Kier alpha value is -0.790. The first-order chi connectivity index (χ1) is 6.85. The molecule has 0 radical (unpaired) electrons. The van der Waals surface area contributed by atoms with Crippen LogP contribution in [0, 0.1) is 5.92 Å². The van der Waals surface area contributed by atoms with Crippen molar-refractivity contribution < 1.29 is 9.53 Å². The van der Waals surface area contributed by atoms with E-state index >= 15 is 0 Å². The Morgan fingerprint density at radius 1 is 1.40 bits per heavy atom. The van der Waals surface area contributed by atoms with Gasteiger partial charge in [0.05, 0.1) is 6.42 Å². The van der Waals surface area contributed by atoms with Gasteiger partial charge in [-0.05, 0) is 33.1 Å². The molecule has 0 unspecified atom stereocenters. The van der Waals surface area contributed by atoms with E-state index in [0.717, 1.165) is 12.8 Å². The van der Waals surface area contributed by atoms with Gasteiger partial charge in [0.25, 0.3) is 0 Å². The van der Waals surface area contributed by atoms with Crippen LogP contribution in [0.5, 0.6) is 0 Å². The second kappa shape index (κ2) is 6.65. The van der Waals surface area contributed by atoms with Crippen LogP contribution in [0.2, 0.25) is 0 Å². The van der Waals surface area contributed by atoms with Crippen molar-refractivity contribution in [1.29, 1.82) is 0 Å². The standard InChI is InChI=1S/C13H24O2/c1-6-7-8-9-11(2)10-12(14)15-13(3,4)5/h8-9,11H,6-7,10H2,1-5H3/b9-8+/t11-/m1/s1. The molecule has 2 nitrogen and oxygen atoms in total. The second-order valence-corrected chi connectivity index (χ2v) is 4.98. The lowest BCUT2D eigenvalue weighted by Crippen LogP contribution is -2.24. The van der Waals surface area contributed by atoms with E-state index < -0.39 is 0 Å². The third-order valence-corrected chi connectivity index (χ3v) is 1.83. The zero-order valence-electron chi connectivity index (χ0n) is 10.7. The Morgan fingerprint density at radius 3 is 2.47 bits per heavy atom. The van der Waals surface area contributed by atoms with Crippen molar-refractivity contribution in [2.75, 3.05) is 0 Å². The molecule has 0 saturated carbocycles. The van der Waals surface area contributed by atoms with E-state index in [1.54, 1.807) is 0 Å². The maximum Gasteiger partial charge on any atom is 0.306 e. The van der Waals surface area contributed by atoms with Gasteiger partial charge in [-0.15, -0.1) is 0 Å². The normalized spacial score (nSPS) is 14.2. The Morgan fingerprint density at radius 2 is 2.00 bits per heavy atom. The summed E-state index contributed by atoms with van der Waals surface area (Å²) in [4.78, 5) is 11.4. The van der Waals surface area contributed by atoms with Gasteiger partial charge in [0.15, 0.2) is 0 Å². The zero-order valence-corrected chi connectivity index (χ0v) is 10.7. The molecule has 2 heteroatoms. The largest absolute Gasteiger partial charge is 0.460 e. The maximum atomic E-state index is 11.4. The van der Waals surface area contributed by atoms with Gasteiger partial charge < -0.3 is 4.74 Å². The molecular weight excluding hydrogens is 188 g/mol. The number of rotatable bonds is 5. The van der Waals surface area contributed by atoms with Gasteiger partial charge >= 0.3 is 5.97 Å². The molecular formula is C13H24O2. The van der Waals surface area contributed by atoms with Crippen molar-refractivity contribution in [1.82, 2.24) is 0 Å². The lowest BCUT2D eigenvalue weighted by atomic mass is 10.1. The molecule has 88 valence electrons.